The van der Waals surface area contributed by atoms with E-state index in [0.29, 0.717) is 65.4 Å². The van der Waals surface area contributed by atoms with Crippen molar-refractivity contribution in [2.45, 2.75) is 64.1 Å². The van der Waals surface area contributed by atoms with Crippen LogP contribution >= 0.6 is 0 Å². The zero-order valence-electron chi connectivity index (χ0n) is 34.7. The van der Waals surface area contributed by atoms with Gasteiger partial charge in [-0.1, -0.05) is 24.3 Å². The summed E-state index contributed by atoms with van der Waals surface area (Å²) in [6.45, 7) is 9.88. The fourth-order valence-electron chi connectivity index (χ4n) is 10.5. The highest BCUT2D eigenvalue weighted by molar-refractivity contribution is 6.06. The van der Waals surface area contributed by atoms with Gasteiger partial charge in [-0.25, -0.2) is 9.78 Å². The van der Waals surface area contributed by atoms with Crippen molar-refractivity contribution in [2.24, 2.45) is 11.3 Å². The number of imide groups is 1. The number of aryl methyl sites for hydroxylation is 1. The molecule has 4 N–H and O–H groups in total. The second-order valence-corrected chi connectivity index (χ2v) is 17.9. The molecule has 15 heteroatoms. The van der Waals surface area contributed by atoms with E-state index >= 15 is 0 Å². The van der Waals surface area contributed by atoms with Crippen molar-refractivity contribution in [1.82, 2.24) is 34.9 Å². The van der Waals surface area contributed by atoms with Gasteiger partial charge in [-0.3, -0.25) is 24.7 Å². The summed E-state index contributed by atoms with van der Waals surface area (Å²) in [4.78, 5) is 50.8. The van der Waals surface area contributed by atoms with Crippen LogP contribution in [0, 0.1) is 18.3 Å². The van der Waals surface area contributed by atoms with Crippen molar-refractivity contribution in [1.29, 1.82) is 0 Å². The Labute approximate surface area is 354 Å². The molecule has 6 heterocycles. The first-order valence-corrected chi connectivity index (χ1v) is 21.5. The number of nitrogens with zero attached hydrogens (tertiary/aromatic N) is 8. The number of aromatic nitrogens is 4. The van der Waals surface area contributed by atoms with Gasteiger partial charge in [-0.2, -0.15) is 0 Å². The minimum atomic E-state index is -0.392. The van der Waals surface area contributed by atoms with E-state index < -0.39 is 6.03 Å². The van der Waals surface area contributed by atoms with E-state index in [4.69, 9.17) is 15.5 Å². The number of hydrogen-bond donors (Lipinski definition) is 3. The van der Waals surface area contributed by atoms with Gasteiger partial charge >= 0.3 is 6.03 Å². The SMILES string of the molecule is Cc1cn(C2CC3(CC(CN4CCN(C(=O)c5ccc([C@@H]6CN(c7cc(-c8ccccc8O)nnc7N)[C@H](C)CO6)cc5)CC4)C3)C2)c2ncc(N3CCC(=O)NC3=O)cc12. The number of nitrogens with one attached hydrogen (secondary N) is 1. The lowest BCUT2D eigenvalue weighted by Gasteiger charge is -2.59. The van der Waals surface area contributed by atoms with Gasteiger partial charge in [0.05, 0.1) is 29.9 Å². The van der Waals surface area contributed by atoms with Crippen molar-refractivity contribution in [3.63, 3.8) is 0 Å². The maximum Gasteiger partial charge on any atom is 0.328 e. The molecule has 2 aliphatic carbocycles. The number of fused-ring (bicyclic) bond motifs is 1. The normalized spacial score (nSPS) is 25.7. The topological polar surface area (TPSA) is 175 Å². The number of benzene rings is 2. The monoisotopic (exact) mass is 824 g/mol. The molecule has 316 valence electrons. The molecule has 5 aromatic rings. The van der Waals surface area contributed by atoms with E-state index in [0.717, 1.165) is 73.4 Å². The number of aromatic hydroxyl groups is 1. The van der Waals surface area contributed by atoms with Crippen LogP contribution in [0.15, 0.2) is 73.1 Å². The zero-order valence-corrected chi connectivity index (χ0v) is 34.7. The maximum atomic E-state index is 13.6. The molecule has 15 nitrogen and oxygen atoms in total. The largest absolute Gasteiger partial charge is 0.507 e. The molecule has 0 radical (unpaired) electrons. The van der Waals surface area contributed by atoms with Crippen molar-refractivity contribution < 1.29 is 24.2 Å². The van der Waals surface area contributed by atoms with Crippen LogP contribution in [-0.4, -0.2) is 111 Å². The van der Waals surface area contributed by atoms with E-state index in [1.54, 1.807) is 29.3 Å². The molecule has 10 rings (SSSR count). The van der Waals surface area contributed by atoms with E-state index in [1.165, 1.54) is 12.8 Å². The molecule has 5 aliphatic rings. The standard InChI is InChI=1S/C46H52N10O5/c1-28-24-56(43-36(28)17-33(23-48-43)54-12-11-41(58)49-45(54)60)34-21-46(22-34)19-30(20-46)25-52-13-15-53(16-14-52)44(59)32-9-7-31(8-10-32)40-26-55(29(2)27-61-40)38-18-37(50-51-42(38)47)35-5-3-4-6-39(35)57/h3-10,17-18,23-24,29-30,34,40,57H,11-16,19-22,25-27H2,1-2H3,(H2,47,51)(H,49,58,60)/t29-,30?,34?,40+,46?/m1/s1. The number of morpholine rings is 1. The Bertz CT molecular complexity index is 2500. The van der Waals surface area contributed by atoms with E-state index in [2.05, 4.69) is 49.9 Å². The highest BCUT2D eigenvalue weighted by atomic mass is 16.5. The highest BCUT2D eigenvalue weighted by Gasteiger charge is 2.53. The van der Waals surface area contributed by atoms with E-state index in [9.17, 15) is 19.5 Å². The summed E-state index contributed by atoms with van der Waals surface area (Å²) < 4.78 is 8.62. The second kappa shape index (κ2) is 15.4. The highest BCUT2D eigenvalue weighted by Crippen LogP contribution is 2.63. The molecular formula is C46H52N10O5. The lowest BCUT2D eigenvalue weighted by atomic mass is 9.50. The molecule has 2 saturated carbocycles. The fourth-order valence-corrected chi connectivity index (χ4v) is 10.5. The average molecular weight is 825 g/mol. The molecule has 2 aromatic carbocycles. The van der Waals surface area contributed by atoms with Gasteiger partial charge in [-0.15, -0.1) is 10.2 Å². The molecule has 3 aliphatic heterocycles. The van der Waals surface area contributed by atoms with Gasteiger partial charge in [0.15, 0.2) is 5.82 Å². The molecule has 3 saturated heterocycles. The van der Waals surface area contributed by atoms with Crippen LogP contribution in [0.1, 0.15) is 72.7 Å². The first kappa shape index (κ1) is 39.1. The third kappa shape index (κ3) is 7.33. The number of phenolic OH excluding ortho intramolecular Hbond substituents is 1. The Morgan fingerprint density at radius 2 is 1.75 bits per heavy atom. The number of hydrogen-bond acceptors (Lipinski definition) is 11. The van der Waals surface area contributed by atoms with Crippen LogP contribution in [0.3, 0.4) is 0 Å². The number of nitrogens with two attached hydrogens (primary N) is 1. The molecule has 0 bridgehead atoms. The van der Waals surface area contributed by atoms with Crippen LogP contribution in [0.25, 0.3) is 22.3 Å². The number of anilines is 3. The van der Waals surface area contributed by atoms with Crippen molar-refractivity contribution >= 4 is 46.1 Å². The smallest absolute Gasteiger partial charge is 0.328 e. The molecule has 0 unspecified atom stereocenters. The summed E-state index contributed by atoms with van der Waals surface area (Å²) in [6, 6.07) is 18.8. The van der Waals surface area contributed by atoms with E-state index in [-0.39, 0.29) is 36.1 Å². The summed E-state index contributed by atoms with van der Waals surface area (Å²) in [5, 5.41) is 22.3. The molecule has 3 aromatic heterocycles. The average Bonchev–Trinajstić information content (AvgIpc) is 3.56. The Balaban J connectivity index is 0.695. The number of phenols is 1. The lowest BCUT2D eigenvalue weighted by molar-refractivity contribution is -0.120. The predicted molar refractivity (Wildman–Crippen MR) is 231 cm³/mol. The number of amides is 4. The molecular weight excluding hydrogens is 773 g/mol. The summed E-state index contributed by atoms with van der Waals surface area (Å²) in [5.74, 6) is 0.957. The van der Waals surface area contributed by atoms with Gasteiger partial charge in [0, 0.05) is 87.0 Å². The van der Waals surface area contributed by atoms with Gasteiger partial charge in [0.25, 0.3) is 5.91 Å². The summed E-state index contributed by atoms with van der Waals surface area (Å²) in [5.41, 5.74) is 13.1. The second-order valence-electron chi connectivity index (χ2n) is 17.9. The number of pyridine rings is 1. The predicted octanol–water partition coefficient (Wildman–Crippen LogP) is 5.69. The van der Waals surface area contributed by atoms with Crippen LogP contribution in [0.2, 0.25) is 0 Å². The number of urea groups is 1. The quantitative estimate of drug-likeness (QED) is 0.175. The third-order valence-electron chi connectivity index (χ3n) is 13.8. The zero-order chi connectivity index (χ0) is 42.0. The van der Waals surface area contributed by atoms with Gasteiger partial charge < -0.3 is 29.9 Å². The number of rotatable bonds is 8. The van der Waals surface area contributed by atoms with Gasteiger partial charge in [0.1, 0.15) is 17.5 Å². The Morgan fingerprint density at radius 1 is 0.984 bits per heavy atom. The van der Waals surface area contributed by atoms with Crippen LogP contribution in [0.4, 0.5) is 22.0 Å². The summed E-state index contributed by atoms with van der Waals surface area (Å²) in [7, 11) is 0. The number of ether oxygens (including phenoxy) is 1. The lowest BCUT2D eigenvalue weighted by Crippen LogP contribution is -2.54. The van der Waals surface area contributed by atoms with Crippen molar-refractivity contribution in [3.8, 4) is 17.0 Å². The summed E-state index contributed by atoms with van der Waals surface area (Å²) >= 11 is 0. The van der Waals surface area contributed by atoms with Crippen LogP contribution < -0.4 is 20.9 Å². The fraction of sp³-hybridized carbons (Fsp3) is 0.435. The molecule has 2 atom stereocenters. The van der Waals surface area contributed by atoms with Crippen LogP contribution in [-0.2, 0) is 9.53 Å². The number of carbonyl (C=O) groups excluding carboxylic acids is 3. The minimum absolute atomic E-state index is 0.0411. The third-order valence-corrected chi connectivity index (χ3v) is 13.8. The van der Waals surface area contributed by atoms with Crippen molar-refractivity contribution in [2.75, 3.05) is 68.0 Å². The molecule has 5 fully saturated rings. The first-order valence-electron chi connectivity index (χ1n) is 21.5. The number of nitrogen functional groups attached to an aromatic ring is 1. The molecule has 61 heavy (non-hydrogen) atoms. The van der Waals surface area contributed by atoms with E-state index in [1.807, 2.05) is 47.4 Å². The number of piperazine rings is 1. The Hall–Kier alpha value is -6.06. The minimum Gasteiger partial charge on any atom is -0.507 e. The maximum absolute atomic E-state index is 13.6. The first-order chi connectivity index (χ1) is 29.5. The Kier molecular flexibility index (Phi) is 9.90. The van der Waals surface area contributed by atoms with Crippen molar-refractivity contribution in [3.05, 3.63) is 89.7 Å². The number of para-hydroxylation sites is 1. The van der Waals surface area contributed by atoms with Gasteiger partial charge in [-0.05, 0) is 98.4 Å². The molecule has 1 spiro atoms. The van der Waals surface area contributed by atoms with Crippen LogP contribution in [0.5, 0.6) is 5.75 Å². The van der Waals surface area contributed by atoms with Gasteiger partial charge in [0.2, 0.25) is 5.91 Å². The Morgan fingerprint density at radius 3 is 2.51 bits per heavy atom. The summed E-state index contributed by atoms with van der Waals surface area (Å²) in [6.07, 6.45) is 8.85. The number of carbonyl (C=O) groups is 3. The molecule has 4 amide bonds.